The SMILES string of the molecule is O=C(O)[C@H]1CN([C@@H]2c3ccc(Cl)cc3CCc3ccc[n+](O)c32)CCN1C(=O)OC1CCCCC1. The molecule has 1 amide bonds. The van der Waals surface area contributed by atoms with Gasteiger partial charge in [-0.1, -0.05) is 24.1 Å². The van der Waals surface area contributed by atoms with Gasteiger partial charge in [0.1, 0.15) is 18.2 Å². The van der Waals surface area contributed by atoms with Gasteiger partial charge in [-0.25, -0.2) is 9.59 Å². The van der Waals surface area contributed by atoms with Gasteiger partial charge in [0.15, 0.2) is 0 Å². The zero-order valence-corrected chi connectivity index (χ0v) is 20.4. The van der Waals surface area contributed by atoms with Crippen molar-refractivity contribution >= 4 is 23.7 Å². The van der Waals surface area contributed by atoms with Crippen LogP contribution in [0, 0.1) is 0 Å². The minimum Gasteiger partial charge on any atom is -0.480 e. The predicted molar refractivity (Wildman–Crippen MR) is 128 cm³/mol. The second-order valence-electron chi connectivity index (χ2n) is 9.70. The summed E-state index contributed by atoms with van der Waals surface area (Å²) in [7, 11) is 0. The van der Waals surface area contributed by atoms with Crippen LogP contribution in [0.25, 0.3) is 0 Å². The fourth-order valence-electron chi connectivity index (χ4n) is 5.77. The van der Waals surface area contributed by atoms with Crippen molar-refractivity contribution in [3.8, 4) is 0 Å². The average molecular weight is 501 g/mol. The van der Waals surface area contributed by atoms with Crippen LogP contribution < -0.4 is 4.73 Å². The number of carbonyl (C=O) groups excluding carboxylic acids is 1. The minimum absolute atomic E-state index is 0.121. The number of carbonyl (C=O) groups is 2. The number of pyridine rings is 1. The van der Waals surface area contributed by atoms with Crippen molar-refractivity contribution in [2.24, 2.45) is 0 Å². The molecule has 0 unspecified atom stereocenters. The molecule has 186 valence electrons. The third-order valence-corrected chi connectivity index (χ3v) is 7.77. The molecule has 35 heavy (non-hydrogen) atoms. The molecule has 5 rings (SSSR count). The van der Waals surface area contributed by atoms with E-state index in [2.05, 4.69) is 0 Å². The molecule has 1 aromatic heterocycles. The first-order valence-corrected chi connectivity index (χ1v) is 12.8. The van der Waals surface area contributed by atoms with Gasteiger partial charge in [0.05, 0.1) is 0 Å². The van der Waals surface area contributed by atoms with Gasteiger partial charge in [-0.15, -0.1) is 0 Å². The van der Waals surface area contributed by atoms with Crippen LogP contribution in [0.2, 0.25) is 5.02 Å². The molecule has 3 aliphatic rings. The summed E-state index contributed by atoms with van der Waals surface area (Å²) in [6.45, 7) is 0.802. The average Bonchev–Trinajstić information content (AvgIpc) is 3.01. The number of piperazine rings is 1. The topological polar surface area (TPSA) is 94.2 Å². The van der Waals surface area contributed by atoms with Crippen LogP contribution in [0.3, 0.4) is 0 Å². The highest BCUT2D eigenvalue weighted by Crippen LogP contribution is 2.37. The van der Waals surface area contributed by atoms with E-state index >= 15 is 0 Å². The van der Waals surface area contributed by atoms with Gasteiger partial charge >= 0.3 is 12.1 Å². The number of aliphatic carboxylic acids is 1. The predicted octanol–water partition coefficient (Wildman–Crippen LogP) is 3.59. The van der Waals surface area contributed by atoms with E-state index in [1.165, 1.54) is 4.90 Å². The smallest absolute Gasteiger partial charge is 0.410 e. The Morgan fingerprint density at radius 2 is 1.83 bits per heavy atom. The molecular weight excluding hydrogens is 470 g/mol. The number of aromatic nitrogens is 1. The number of nitrogens with zero attached hydrogens (tertiary/aromatic N) is 3. The maximum Gasteiger partial charge on any atom is 0.410 e. The van der Waals surface area contributed by atoms with Crippen molar-refractivity contribution in [3.63, 3.8) is 0 Å². The Morgan fingerprint density at radius 3 is 2.60 bits per heavy atom. The Bertz CT molecular complexity index is 1120. The highest BCUT2D eigenvalue weighted by Gasteiger charge is 2.44. The van der Waals surface area contributed by atoms with E-state index in [0.29, 0.717) is 11.6 Å². The molecule has 1 saturated heterocycles. The zero-order chi connectivity index (χ0) is 24.5. The van der Waals surface area contributed by atoms with Crippen LogP contribution in [0.15, 0.2) is 36.5 Å². The third-order valence-electron chi connectivity index (χ3n) is 7.54. The Balaban J connectivity index is 1.45. The number of rotatable bonds is 3. The maximum absolute atomic E-state index is 13.0. The molecule has 8 nitrogen and oxygen atoms in total. The van der Waals surface area contributed by atoms with Crippen LogP contribution >= 0.6 is 11.6 Å². The summed E-state index contributed by atoms with van der Waals surface area (Å²) in [5.41, 5.74) is 3.78. The van der Waals surface area contributed by atoms with Crippen molar-refractivity contribution in [1.82, 2.24) is 9.80 Å². The standard InChI is InChI=1S/C26H30ClN3O5/c27-19-10-11-21-18(15-19)9-8-17-5-4-12-30(34)23(17)24(21)28-13-14-29(22(16-28)25(31)32)26(33)35-20-6-2-1-3-7-20/h4-5,10-12,15,20,22,24H,1-3,6-9,13-14,16H2,(H-,31,32,34)/p+1/t22-,24-/m1/s1. The first-order valence-electron chi connectivity index (χ1n) is 12.4. The summed E-state index contributed by atoms with van der Waals surface area (Å²) in [6, 6.07) is 8.12. The highest BCUT2D eigenvalue weighted by molar-refractivity contribution is 6.30. The molecule has 0 radical (unpaired) electrons. The second kappa shape index (κ2) is 10.0. The number of hydrogen-bond acceptors (Lipinski definition) is 5. The van der Waals surface area contributed by atoms with Gasteiger partial charge < -0.3 is 9.84 Å². The molecule has 0 spiro atoms. The number of benzene rings is 1. The van der Waals surface area contributed by atoms with Gasteiger partial charge in [0.2, 0.25) is 6.20 Å². The molecule has 2 fully saturated rings. The van der Waals surface area contributed by atoms with Gasteiger partial charge in [0, 0.05) is 41.0 Å². The lowest BCUT2D eigenvalue weighted by Gasteiger charge is -2.42. The number of ether oxygens (including phenoxy) is 1. The number of carboxylic acid groups (broad SMARTS) is 1. The van der Waals surface area contributed by atoms with Crippen LogP contribution in [-0.4, -0.2) is 64.0 Å². The molecule has 9 heteroatoms. The molecule has 1 aliphatic heterocycles. The van der Waals surface area contributed by atoms with Gasteiger partial charge in [-0.3, -0.25) is 15.0 Å². The Hall–Kier alpha value is -2.84. The fraction of sp³-hybridized carbons (Fsp3) is 0.500. The van der Waals surface area contributed by atoms with E-state index in [0.717, 1.165) is 72.1 Å². The first-order chi connectivity index (χ1) is 16.9. The molecule has 1 saturated carbocycles. The molecule has 2 N–H and O–H groups in total. The van der Waals surface area contributed by atoms with Crippen LogP contribution in [-0.2, 0) is 22.4 Å². The summed E-state index contributed by atoms with van der Waals surface area (Å²) < 4.78 is 6.85. The monoisotopic (exact) mass is 500 g/mol. The van der Waals surface area contributed by atoms with Crippen LogP contribution in [0.4, 0.5) is 4.79 Å². The van der Waals surface area contributed by atoms with Gasteiger partial charge in [-0.2, -0.15) is 0 Å². The normalized spacial score (nSPS) is 23.2. The van der Waals surface area contributed by atoms with Crippen molar-refractivity contribution in [2.75, 3.05) is 19.6 Å². The molecule has 2 atom stereocenters. The Labute approximate surface area is 209 Å². The van der Waals surface area contributed by atoms with Crippen molar-refractivity contribution in [3.05, 3.63) is 63.9 Å². The first kappa shape index (κ1) is 23.9. The number of carboxylic acids is 1. The molecular formula is C26H31ClN3O5+. The quantitative estimate of drug-likeness (QED) is 0.494. The number of amides is 1. The van der Waals surface area contributed by atoms with E-state index in [9.17, 15) is 19.9 Å². The summed E-state index contributed by atoms with van der Waals surface area (Å²) in [5, 5.41) is 21.5. The number of hydrogen-bond donors (Lipinski definition) is 2. The Morgan fingerprint density at radius 1 is 1.06 bits per heavy atom. The summed E-state index contributed by atoms with van der Waals surface area (Å²) in [5.74, 6) is -1.06. The van der Waals surface area contributed by atoms with E-state index in [1.54, 1.807) is 12.3 Å². The lowest BCUT2D eigenvalue weighted by atomic mass is 9.95. The largest absolute Gasteiger partial charge is 0.480 e. The molecule has 2 aliphatic carbocycles. The van der Waals surface area contributed by atoms with Crippen LogP contribution in [0.1, 0.15) is 60.5 Å². The van der Waals surface area contributed by atoms with Crippen molar-refractivity contribution in [2.45, 2.75) is 63.1 Å². The van der Waals surface area contributed by atoms with E-state index in [-0.39, 0.29) is 25.2 Å². The molecule has 2 heterocycles. The van der Waals surface area contributed by atoms with Crippen molar-refractivity contribution in [1.29, 1.82) is 0 Å². The van der Waals surface area contributed by atoms with E-state index in [4.69, 9.17) is 16.3 Å². The Kier molecular flexibility index (Phi) is 6.84. The second-order valence-corrected chi connectivity index (χ2v) is 10.1. The number of fused-ring (bicyclic) bond motifs is 2. The number of aryl methyl sites for hydroxylation is 2. The van der Waals surface area contributed by atoms with E-state index < -0.39 is 18.1 Å². The summed E-state index contributed by atoms with van der Waals surface area (Å²) in [6.07, 6.45) is 7.27. The highest BCUT2D eigenvalue weighted by atomic mass is 35.5. The fourth-order valence-corrected chi connectivity index (χ4v) is 5.97. The maximum atomic E-state index is 13.0. The van der Waals surface area contributed by atoms with Gasteiger partial charge in [0.25, 0.3) is 5.69 Å². The molecule has 0 bridgehead atoms. The molecule has 1 aromatic carbocycles. The molecule has 2 aromatic rings. The summed E-state index contributed by atoms with van der Waals surface area (Å²) in [4.78, 5) is 28.7. The number of halogens is 1. The lowest BCUT2D eigenvalue weighted by Crippen LogP contribution is -2.60. The van der Waals surface area contributed by atoms with E-state index in [1.807, 2.05) is 29.2 Å². The summed E-state index contributed by atoms with van der Waals surface area (Å²) >= 11 is 6.30. The van der Waals surface area contributed by atoms with Gasteiger partial charge in [-0.05, 0) is 67.9 Å². The van der Waals surface area contributed by atoms with Crippen molar-refractivity contribution < 1.29 is 29.4 Å². The minimum atomic E-state index is -1.06. The lowest BCUT2D eigenvalue weighted by molar-refractivity contribution is -0.911. The zero-order valence-electron chi connectivity index (χ0n) is 19.6. The third kappa shape index (κ3) is 4.82. The van der Waals surface area contributed by atoms with Crippen LogP contribution in [0.5, 0.6) is 0 Å².